The molecule has 0 bridgehead atoms. The smallest absolute Gasteiger partial charge is 0.147 e. The van der Waals surface area contributed by atoms with Crippen LogP contribution in [0.2, 0.25) is 13.1 Å². The zero-order valence-corrected chi connectivity index (χ0v) is 35.0. The van der Waals surface area contributed by atoms with Gasteiger partial charge in [-0.25, -0.2) is 0 Å². The van der Waals surface area contributed by atoms with Gasteiger partial charge in [0.15, 0.2) is 0 Å². The third-order valence-corrected chi connectivity index (χ3v) is 30.3. The van der Waals surface area contributed by atoms with E-state index in [1.54, 1.807) is 17.7 Å². The van der Waals surface area contributed by atoms with Crippen LogP contribution in [-0.2, 0) is 20.9 Å². The summed E-state index contributed by atoms with van der Waals surface area (Å²) in [5, 5.41) is 0. The maximum absolute atomic E-state index is 2.66. The molecule has 0 N–H and O–H groups in total. The molecule has 6 aromatic rings. The first-order chi connectivity index (χ1) is 24.5. The van der Waals surface area contributed by atoms with Crippen LogP contribution in [-0.4, -0.2) is 5.92 Å². The molecule has 2 heterocycles. The van der Waals surface area contributed by atoms with Gasteiger partial charge in [0.2, 0.25) is 0 Å². The van der Waals surface area contributed by atoms with Crippen molar-refractivity contribution >= 4 is 83.3 Å². The fourth-order valence-corrected chi connectivity index (χ4v) is 29.2. The van der Waals surface area contributed by atoms with E-state index in [1.165, 1.54) is 67.3 Å². The monoisotopic (exact) mass is 809 g/mol. The van der Waals surface area contributed by atoms with Crippen LogP contribution in [0.25, 0.3) is 23.3 Å². The second kappa shape index (κ2) is 13.5. The van der Waals surface area contributed by atoms with Crippen molar-refractivity contribution in [3.8, 4) is 0 Å². The van der Waals surface area contributed by atoms with Crippen LogP contribution in [0.15, 0.2) is 133 Å². The van der Waals surface area contributed by atoms with Gasteiger partial charge < -0.3 is 0 Å². The number of anilines is 4. The van der Waals surface area contributed by atoms with E-state index < -0.39 is 26.8 Å². The number of rotatable bonds is 5. The minimum atomic E-state index is -2.59. The van der Waals surface area contributed by atoms with E-state index in [4.69, 9.17) is 0 Å². The summed E-state index contributed by atoms with van der Waals surface area (Å²) in [6, 6.07) is 50.5. The van der Waals surface area contributed by atoms with Crippen molar-refractivity contribution in [1.82, 2.24) is 0 Å². The first-order valence-electron chi connectivity index (χ1n) is 18.0. The van der Waals surface area contributed by atoms with Gasteiger partial charge in [-0.15, -0.1) is 24.8 Å². The molecule has 0 spiro atoms. The predicted octanol–water partition coefficient (Wildman–Crippen LogP) is 11.2. The molecule has 2 aliphatic carbocycles. The van der Waals surface area contributed by atoms with E-state index in [0.717, 1.165) is 0 Å². The number of hydrogen-bond acceptors (Lipinski definition) is 2. The Morgan fingerprint density at radius 1 is 0.481 bits per heavy atom. The molecule has 6 aromatic carbocycles. The first-order valence-corrected chi connectivity index (χ1v) is 27.6. The molecule has 0 saturated heterocycles. The van der Waals surface area contributed by atoms with Gasteiger partial charge in [-0.2, -0.15) is 0 Å². The van der Waals surface area contributed by atoms with Crippen molar-refractivity contribution < 1.29 is 20.9 Å². The van der Waals surface area contributed by atoms with E-state index in [9.17, 15) is 0 Å². The largest absolute Gasteiger partial charge is 0.147 e. The van der Waals surface area contributed by atoms with Gasteiger partial charge in [-0.05, 0) is 0 Å². The number of para-hydroxylation sites is 2. The average molecular weight is 812 g/mol. The van der Waals surface area contributed by atoms with Gasteiger partial charge in [0.25, 0.3) is 0 Å². The minimum Gasteiger partial charge on any atom is -0.147 e. The maximum atomic E-state index is 2.66. The Kier molecular flexibility index (Phi) is 9.11. The zero-order valence-electron chi connectivity index (χ0n) is 29.8. The summed E-state index contributed by atoms with van der Waals surface area (Å²) in [4.78, 5) is 5.29. The molecule has 2 unspecified atom stereocenters. The number of aryl methyl sites for hydroxylation is 2. The summed E-state index contributed by atoms with van der Waals surface area (Å²) in [5.74, 6) is -1.17. The molecule has 0 saturated carbocycles. The molecular weight excluding hydrogens is 771 g/mol. The van der Waals surface area contributed by atoms with Crippen LogP contribution in [0.3, 0.4) is 0 Å². The Balaban J connectivity index is 0.00000193. The average Bonchev–Trinajstić information content (AvgIpc) is 3.87. The normalized spacial score (nSPS) is 16.9. The Hall–Kier alpha value is -3.92. The first kappa shape index (κ1) is 35.1. The van der Waals surface area contributed by atoms with Crippen LogP contribution < -0.4 is 16.3 Å². The molecule has 52 heavy (non-hydrogen) atoms. The predicted molar refractivity (Wildman–Crippen MR) is 226 cm³/mol. The summed E-state index contributed by atoms with van der Waals surface area (Å²) in [5.41, 5.74) is 19.9. The van der Waals surface area contributed by atoms with E-state index in [2.05, 4.69) is 182 Å². The summed E-state index contributed by atoms with van der Waals surface area (Å²) >= 11 is -2.59. The molecular formula is C46H41Cl2N2SiZr. The summed E-state index contributed by atoms with van der Waals surface area (Å²) < 4.78 is 3.47. The van der Waals surface area contributed by atoms with Gasteiger partial charge >= 0.3 is 306 Å². The van der Waals surface area contributed by atoms with Crippen molar-refractivity contribution in [2.45, 2.75) is 39.0 Å². The van der Waals surface area contributed by atoms with Crippen molar-refractivity contribution in [3.05, 3.63) is 178 Å². The number of benzene rings is 6. The van der Waals surface area contributed by atoms with Crippen LogP contribution in [0.1, 0.15) is 56.6 Å². The molecule has 0 radical (unpaired) electrons. The topological polar surface area (TPSA) is 6.48 Å². The minimum absolute atomic E-state index is 0. The maximum Gasteiger partial charge on any atom is -0.147 e. The van der Waals surface area contributed by atoms with Crippen molar-refractivity contribution in [3.63, 3.8) is 0 Å². The molecule has 4 aliphatic rings. The molecule has 0 aromatic heterocycles. The second-order valence-corrected chi connectivity index (χ2v) is 33.3. The van der Waals surface area contributed by atoms with E-state index in [-0.39, 0.29) is 36.9 Å². The zero-order chi connectivity index (χ0) is 33.7. The number of hydrogen-bond donors (Lipinski definition) is 0. The Bertz CT molecular complexity index is 2260. The quantitative estimate of drug-likeness (QED) is 0.160. The van der Waals surface area contributed by atoms with Gasteiger partial charge in [0, 0.05) is 0 Å². The standard InChI is InChI=1S/2C22H16N.C2H7Si.2ClH.Zr/c2*1-15-11-12-21-19(13-15)20-14-16-7-5-6-10-18(16)22(20)23(21)17-8-3-2-4-9-17;1-3-2;;;/h2*2-12,14,22H,1H3;3H,1-2H3;2*1H;. The van der Waals surface area contributed by atoms with Gasteiger partial charge in [0.1, 0.15) is 0 Å². The molecule has 2 nitrogen and oxygen atoms in total. The van der Waals surface area contributed by atoms with E-state index in [1.807, 2.05) is 0 Å². The molecule has 10 rings (SSSR count). The number of nitrogens with zero attached hydrogens (tertiary/aromatic N) is 2. The second-order valence-electron chi connectivity index (χ2n) is 14.5. The third kappa shape index (κ3) is 5.06. The Morgan fingerprint density at radius 3 is 1.27 bits per heavy atom. The summed E-state index contributed by atoms with van der Waals surface area (Å²) in [7, 11) is 0. The molecule has 0 fully saturated rings. The van der Waals surface area contributed by atoms with Crippen molar-refractivity contribution in [2.24, 2.45) is 0 Å². The van der Waals surface area contributed by atoms with Gasteiger partial charge in [0.05, 0.1) is 0 Å². The molecule has 6 heteroatoms. The summed E-state index contributed by atoms with van der Waals surface area (Å²) in [6.07, 6.45) is 5.05. The Morgan fingerprint density at radius 2 is 0.865 bits per heavy atom. The fourth-order valence-electron chi connectivity index (χ4n) is 9.39. The van der Waals surface area contributed by atoms with Crippen molar-refractivity contribution in [2.75, 3.05) is 9.80 Å². The number of halogens is 2. The van der Waals surface area contributed by atoms with Crippen LogP contribution in [0, 0.1) is 13.8 Å². The third-order valence-electron chi connectivity index (χ3n) is 11.4. The van der Waals surface area contributed by atoms with Crippen LogP contribution in [0.5, 0.6) is 0 Å². The molecule has 257 valence electrons. The molecule has 2 atom stereocenters. The van der Waals surface area contributed by atoms with Gasteiger partial charge in [-0.3, -0.25) is 0 Å². The van der Waals surface area contributed by atoms with Crippen molar-refractivity contribution in [1.29, 1.82) is 0 Å². The molecule has 0 amide bonds. The van der Waals surface area contributed by atoms with E-state index >= 15 is 0 Å². The fraction of sp³-hybridized carbons (Fsp3) is 0.130. The van der Waals surface area contributed by atoms with Crippen LogP contribution in [0.4, 0.5) is 22.7 Å². The SMILES string of the molecule is Cc1ccc2c([c]1[Zr]([c]1c(C)ccc3c1C1=Cc4ccccc4C1N3c1ccccc1)[SiH](C)C)C1=Cc3ccccc3C1N2c1ccccc1.Cl.Cl. The Labute approximate surface area is 328 Å². The summed E-state index contributed by atoms with van der Waals surface area (Å²) in [6.45, 7) is 10.1. The van der Waals surface area contributed by atoms with E-state index in [0.29, 0.717) is 0 Å². The van der Waals surface area contributed by atoms with Gasteiger partial charge in [-0.1, -0.05) is 0 Å². The number of fused-ring (bicyclic) bond motifs is 10. The van der Waals surface area contributed by atoms with Crippen LogP contribution >= 0.6 is 24.8 Å². The molecule has 2 aliphatic heterocycles.